The topological polar surface area (TPSA) is 55.6 Å². The highest BCUT2D eigenvalue weighted by molar-refractivity contribution is 5.75. The Bertz CT molecular complexity index is 1260. The Morgan fingerprint density at radius 3 is 2.73 bits per heavy atom. The van der Waals surface area contributed by atoms with Crippen LogP contribution < -0.4 is 0 Å². The lowest BCUT2D eigenvalue weighted by Gasteiger charge is -2.50. The van der Waals surface area contributed by atoms with Gasteiger partial charge >= 0.3 is 5.97 Å². The summed E-state index contributed by atoms with van der Waals surface area (Å²) >= 11 is 0. The number of fused-ring (bicyclic) bond motifs is 3. The van der Waals surface area contributed by atoms with Crippen LogP contribution >= 0.6 is 0 Å². The van der Waals surface area contributed by atoms with Crippen LogP contribution in [-0.4, -0.2) is 41.6 Å². The van der Waals surface area contributed by atoms with Gasteiger partial charge in [0.1, 0.15) is 11.4 Å². The molecular formula is C32H40N2O3. The van der Waals surface area contributed by atoms with Crippen LogP contribution in [0.1, 0.15) is 62.8 Å². The summed E-state index contributed by atoms with van der Waals surface area (Å²) in [6.07, 6.45) is 10.5. The molecule has 2 bridgehead atoms. The molecule has 0 saturated heterocycles. The van der Waals surface area contributed by atoms with Crippen LogP contribution in [0.15, 0.2) is 59.2 Å². The summed E-state index contributed by atoms with van der Waals surface area (Å²) < 4.78 is 12.0. The first-order valence-electron chi connectivity index (χ1n) is 13.9. The molecule has 3 aliphatic carbocycles. The van der Waals surface area contributed by atoms with Crippen molar-refractivity contribution < 1.29 is 13.9 Å². The maximum Gasteiger partial charge on any atom is 0.308 e. The van der Waals surface area contributed by atoms with Crippen LogP contribution in [0.4, 0.5) is 0 Å². The average molecular weight is 501 g/mol. The van der Waals surface area contributed by atoms with E-state index in [1.165, 1.54) is 23.1 Å². The van der Waals surface area contributed by atoms with Gasteiger partial charge in [-0.25, -0.2) is 4.98 Å². The number of nitrogens with zero attached hydrogens (tertiary/aromatic N) is 2. The minimum Gasteiger partial charge on any atom is -0.458 e. The standard InChI is InChI=1S/C32H40N2O3/c1-22(2)31(35)37-32(20-26-12-13-28(32)19-29(26)25-10-6-5-7-11-25)14-16-34(4)15-8-9-24-18-27-17-23(3)36-30(27)33-21-24/h5-7,10-11,17-19,21-22,26,28H,8-9,12-16,20H2,1-4H3/t26-,28-,32+/m0/s1. The van der Waals surface area contributed by atoms with Gasteiger partial charge in [-0.2, -0.15) is 0 Å². The van der Waals surface area contributed by atoms with Gasteiger partial charge in [0, 0.05) is 30.5 Å². The predicted octanol–water partition coefficient (Wildman–Crippen LogP) is 6.84. The lowest BCUT2D eigenvalue weighted by atomic mass is 9.60. The van der Waals surface area contributed by atoms with Gasteiger partial charge in [0.15, 0.2) is 0 Å². The number of carbonyl (C=O) groups excluding carboxylic acids is 1. The average Bonchev–Trinajstić information content (AvgIpc) is 3.27. The number of hydrogen-bond donors (Lipinski definition) is 0. The number of hydrogen-bond acceptors (Lipinski definition) is 5. The van der Waals surface area contributed by atoms with E-state index in [1.54, 1.807) is 0 Å². The number of allylic oxidation sites excluding steroid dienone is 1. The van der Waals surface area contributed by atoms with Crippen LogP contribution in [0.25, 0.3) is 16.7 Å². The van der Waals surface area contributed by atoms with Crippen molar-refractivity contribution in [2.45, 2.75) is 64.9 Å². The van der Waals surface area contributed by atoms with E-state index < -0.39 is 5.60 Å². The number of carbonyl (C=O) groups is 1. The van der Waals surface area contributed by atoms with Crippen molar-refractivity contribution in [3.05, 3.63) is 71.6 Å². The van der Waals surface area contributed by atoms with E-state index in [2.05, 4.69) is 59.4 Å². The third-order valence-corrected chi connectivity index (χ3v) is 8.27. The van der Waals surface area contributed by atoms with Crippen molar-refractivity contribution in [2.24, 2.45) is 17.8 Å². The largest absolute Gasteiger partial charge is 0.458 e. The second kappa shape index (κ2) is 10.8. The first kappa shape index (κ1) is 25.7. The summed E-state index contributed by atoms with van der Waals surface area (Å²) in [5.74, 6) is 1.44. The summed E-state index contributed by atoms with van der Waals surface area (Å²) in [5.41, 5.74) is 4.32. The smallest absolute Gasteiger partial charge is 0.308 e. The number of aromatic nitrogens is 1. The SMILES string of the molecule is Cc1cc2cc(CCCN(C)CC[C@@]3(OC(=O)C(C)C)C[C@@H]4CC[C@H]3C=C4c3ccccc3)cnc2o1. The number of ether oxygens (including phenoxy) is 1. The third-order valence-electron chi connectivity index (χ3n) is 8.27. The van der Waals surface area contributed by atoms with Crippen molar-refractivity contribution in [1.82, 2.24) is 9.88 Å². The van der Waals surface area contributed by atoms with Crippen molar-refractivity contribution in [2.75, 3.05) is 20.1 Å². The number of benzene rings is 1. The summed E-state index contributed by atoms with van der Waals surface area (Å²) in [6.45, 7) is 7.74. The van der Waals surface area contributed by atoms with Gasteiger partial charge < -0.3 is 14.1 Å². The zero-order chi connectivity index (χ0) is 26.0. The zero-order valence-electron chi connectivity index (χ0n) is 22.7. The monoisotopic (exact) mass is 500 g/mol. The van der Waals surface area contributed by atoms with Crippen LogP contribution in [0.5, 0.6) is 0 Å². The molecule has 2 aromatic heterocycles. The fraction of sp³-hybridized carbons (Fsp3) is 0.500. The van der Waals surface area contributed by atoms with Gasteiger partial charge in [0.05, 0.1) is 5.92 Å². The molecule has 0 unspecified atom stereocenters. The first-order chi connectivity index (χ1) is 17.8. The molecule has 0 N–H and O–H groups in total. The van der Waals surface area contributed by atoms with E-state index >= 15 is 0 Å². The van der Waals surface area contributed by atoms with Crippen molar-refractivity contribution >= 4 is 22.6 Å². The Kier molecular flexibility index (Phi) is 7.52. The third kappa shape index (κ3) is 5.67. The normalized spacial score (nSPS) is 23.1. The van der Waals surface area contributed by atoms with Gasteiger partial charge in [-0.15, -0.1) is 0 Å². The minimum atomic E-state index is -0.398. The molecule has 196 valence electrons. The molecule has 5 heteroatoms. The fourth-order valence-corrected chi connectivity index (χ4v) is 6.19. The number of rotatable bonds is 10. The lowest BCUT2D eigenvalue weighted by molar-refractivity contribution is -0.176. The van der Waals surface area contributed by atoms with Crippen LogP contribution in [0, 0.1) is 24.7 Å². The minimum absolute atomic E-state index is 0.0674. The molecular weight excluding hydrogens is 460 g/mol. The van der Waals surface area contributed by atoms with E-state index in [1.807, 2.05) is 33.0 Å². The number of esters is 1. The Morgan fingerprint density at radius 2 is 2.00 bits per heavy atom. The second-order valence-corrected chi connectivity index (χ2v) is 11.5. The van der Waals surface area contributed by atoms with E-state index in [9.17, 15) is 4.79 Å². The van der Waals surface area contributed by atoms with E-state index in [0.717, 1.165) is 56.3 Å². The van der Waals surface area contributed by atoms with Crippen molar-refractivity contribution in [3.63, 3.8) is 0 Å². The molecule has 0 aliphatic heterocycles. The Labute approximate surface area is 220 Å². The predicted molar refractivity (Wildman–Crippen MR) is 148 cm³/mol. The molecule has 37 heavy (non-hydrogen) atoms. The number of aryl methyl sites for hydroxylation is 2. The first-order valence-corrected chi connectivity index (χ1v) is 13.9. The second-order valence-electron chi connectivity index (χ2n) is 11.5. The maximum atomic E-state index is 12.8. The molecule has 1 fully saturated rings. The van der Waals surface area contributed by atoms with E-state index in [0.29, 0.717) is 11.6 Å². The van der Waals surface area contributed by atoms with Crippen molar-refractivity contribution in [1.29, 1.82) is 0 Å². The number of pyridine rings is 1. The van der Waals surface area contributed by atoms with Gasteiger partial charge in [0.2, 0.25) is 5.71 Å². The summed E-state index contributed by atoms with van der Waals surface area (Å²) in [6, 6.07) is 15.0. The van der Waals surface area contributed by atoms with Gasteiger partial charge in [-0.05, 0) is 87.4 Å². The lowest BCUT2D eigenvalue weighted by Crippen LogP contribution is -2.51. The molecule has 3 aromatic rings. The molecule has 2 heterocycles. The molecule has 5 nitrogen and oxygen atoms in total. The molecule has 0 spiro atoms. The van der Waals surface area contributed by atoms with Crippen LogP contribution in [0.3, 0.4) is 0 Å². The molecule has 0 radical (unpaired) electrons. The highest BCUT2D eigenvalue weighted by Gasteiger charge is 2.50. The molecule has 1 saturated carbocycles. The summed E-state index contributed by atoms with van der Waals surface area (Å²) in [4.78, 5) is 19.7. The molecule has 0 amide bonds. The summed E-state index contributed by atoms with van der Waals surface area (Å²) in [5, 5.41) is 1.08. The molecule has 6 rings (SSSR count). The Morgan fingerprint density at radius 1 is 1.19 bits per heavy atom. The van der Waals surface area contributed by atoms with Gasteiger partial charge in [-0.3, -0.25) is 4.79 Å². The van der Waals surface area contributed by atoms with Gasteiger partial charge in [0.25, 0.3) is 0 Å². The van der Waals surface area contributed by atoms with Gasteiger partial charge in [-0.1, -0.05) is 50.3 Å². The number of furan rings is 1. The highest BCUT2D eigenvalue weighted by atomic mass is 16.6. The van der Waals surface area contributed by atoms with Crippen molar-refractivity contribution in [3.8, 4) is 0 Å². The van der Waals surface area contributed by atoms with Crippen LogP contribution in [-0.2, 0) is 16.0 Å². The Hall–Kier alpha value is -2.92. The highest BCUT2D eigenvalue weighted by Crippen LogP contribution is 2.53. The molecule has 3 atom stereocenters. The van der Waals surface area contributed by atoms with Crippen LogP contribution in [0.2, 0.25) is 0 Å². The summed E-state index contributed by atoms with van der Waals surface area (Å²) in [7, 11) is 2.19. The zero-order valence-corrected chi connectivity index (χ0v) is 22.7. The Balaban J connectivity index is 1.23. The van der Waals surface area contributed by atoms with E-state index in [-0.39, 0.29) is 17.8 Å². The maximum absolute atomic E-state index is 12.8. The molecule has 3 aliphatic rings. The van der Waals surface area contributed by atoms with E-state index in [4.69, 9.17) is 9.15 Å². The fourth-order valence-electron chi connectivity index (χ4n) is 6.19. The quantitative estimate of drug-likeness (QED) is 0.285. The molecule has 1 aromatic carbocycles.